The van der Waals surface area contributed by atoms with Crippen LogP contribution < -0.4 is 14.8 Å². The summed E-state index contributed by atoms with van der Waals surface area (Å²) in [6.45, 7) is 1.27. The number of nitrogens with one attached hydrogen (secondary N) is 1. The second kappa shape index (κ2) is 7.63. The number of carbonyl (C=O) groups excluding carboxylic acids is 1. The molecule has 1 N–H and O–H groups in total. The van der Waals surface area contributed by atoms with Gasteiger partial charge in [0.05, 0.1) is 20.8 Å². The zero-order valence-electron chi connectivity index (χ0n) is 13.8. The fourth-order valence-corrected chi connectivity index (χ4v) is 3.63. The van der Waals surface area contributed by atoms with Crippen molar-refractivity contribution in [3.8, 4) is 11.5 Å². The summed E-state index contributed by atoms with van der Waals surface area (Å²) in [6.07, 6.45) is 3.78. The molecule has 1 fully saturated rings. The smallest absolute Gasteiger partial charge is 0.240 e. The zero-order chi connectivity index (χ0) is 16.9. The minimum Gasteiger partial charge on any atom is -0.493 e. The van der Waals surface area contributed by atoms with Gasteiger partial charge in [-0.05, 0) is 37.1 Å². The highest BCUT2D eigenvalue weighted by atomic mass is 32.1. The summed E-state index contributed by atoms with van der Waals surface area (Å²) in [5.74, 6) is 1.40. The molecule has 1 saturated heterocycles. The lowest BCUT2D eigenvalue weighted by molar-refractivity contribution is -0.117. The van der Waals surface area contributed by atoms with Crippen LogP contribution in [-0.2, 0) is 4.79 Å². The topological polar surface area (TPSA) is 63.7 Å². The number of ether oxygens (including phenoxy) is 2. The normalized spacial score (nSPS) is 17.7. The van der Waals surface area contributed by atoms with E-state index in [9.17, 15) is 4.79 Å². The fraction of sp³-hybridized carbons (Fsp3) is 0.412. The van der Waals surface area contributed by atoms with Crippen LogP contribution in [0, 0.1) is 0 Å². The highest BCUT2D eigenvalue weighted by Gasteiger charge is 2.28. The fourth-order valence-electron chi connectivity index (χ4n) is 3.08. The van der Waals surface area contributed by atoms with Gasteiger partial charge in [0, 0.05) is 17.6 Å². The van der Waals surface area contributed by atoms with E-state index in [1.54, 1.807) is 20.4 Å². The van der Waals surface area contributed by atoms with Crippen molar-refractivity contribution in [1.29, 1.82) is 0 Å². The van der Waals surface area contributed by atoms with Gasteiger partial charge in [-0.3, -0.25) is 9.69 Å². The highest BCUT2D eigenvalue weighted by Crippen LogP contribution is 2.36. The van der Waals surface area contributed by atoms with Crippen LogP contribution in [0.2, 0.25) is 0 Å². The van der Waals surface area contributed by atoms with E-state index in [-0.39, 0.29) is 11.9 Å². The van der Waals surface area contributed by atoms with E-state index in [2.05, 4.69) is 15.2 Å². The second-order valence-electron chi connectivity index (χ2n) is 5.63. The number of rotatable bonds is 6. The Kier molecular flexibility index (Phi) is 5.32. The molecule has 7 heteroatoms. The van der Waals surface area contributed by atoms with Crippen molar-refractivity contribution in [2.24, 2.45) is 0 Å². The summed E-state index contributed by atoms with van der Waals surface area (Å²) < 4.78 is 10.7. The number of benzene rings is 1. The number of methoxy groups -OCH3 is 2. The molecule has 0 saturated carbocycles. The van der Waals surface area contributed by atoms with Crippen molar-refractivity contribution in [2.75, 3.05) is 32.6 Å². The van der Waals surface area contributed by atoms with Gasteiger partial charge in [-0.1, -0.05) is 6.07 Å². The first-order valence-electron chi connectivity index (χ1n) is 7.86. The molecule has 0 bridgehead atoms. The van der Waals surface area contributed by atoms with E-state index in [0.29, 0.717) is 23.2 Å². The van der Waals surface area contributed by atoms with Crippen molar-refractivity contribution >= 4 is 22.4 Å². The van der Waals surface area contributed by atoms with Crippen LogP contribution in [0.4, 0.5) is 5.13 Å². The van der Waals surface area contributed by atoms with E-state index < -0.39 is 0 Å². The van der Waals surface area contributed by atoms with E-state index in [1.807, 2.05) is 23.6 Å². The van der Waals surface area contributed by atoms with Gasteiger partial charge < -0.3 is 14.8 Å². The third kappa shape index (κ3) is 3.68. The molecule has 0 radical (unpaired) electrons. The maximum absolute atomic E-state index is 12.2. The summed E-state index contributed by atoms with van der Waals surface area (Å²) in [5.41, 5.74) is 1.15. The Morgan fingerprint density at radius 1 is 1.38 bits per heavy atom. The molecule has 0 spiro atoms. The number of aromatic nitrogens is 1. The van der Waals surface area contributed by atoms with Gasteiger partial charge in [0.15, 0.2) is 16.6 Å². The average Bonchev–Trinajstić information content (AvgIpc) is 3.26. The molecule has 0 aliphatic carbocycles. The van der Waals surface area contributed by atoms with Gasteiger partial charge in [-0.15, -0.1) is 11.3 Å². The lowest BCUT2D eigenvalue weighted by Gasteiger charge is -2.24. The lowest BCUT2D eigenvalue weighted by atomic mass is 10.0. The minimum atomic E-state index is -0.0303. The molecule has 2 aromatic rings. The Morgan fingerprint density at radius 3 is 2.92 bits per heavy atom. The minimum absolute atomic E-state index is 0.0303. The maximum atomic E-state index is 12.2. The van der Waals surface area contributed by atoms with Crippen LogP contribution in [0.1, 0.15) is 24.4 Å². The Labute approximate surface area is 145 Å². The lowest BCUT2D eigenvalue weighted by Crippen LogP contribution is -2.32. The van der Waals surface area contributed by atoms with E-state index in [4.69, 9.17) is 9.47 Å². The Hall–Kier alpha value is -2.12. The first kappa shape index (κ1) is 16.7. The molecule has 3 rings (SSSR count). The predicted molar refractivity (Wildman–Crippen MR) is 93.8 cm³/mol. The zero-order valence-corrected chi connectivity index (χ0v) is 14.6. The Morgan fingerprint density at radius 2 is 2.21 bits per heavy atom. The number of anilines is 1. The van der Waals surface area contributed by atoms with Crippen molar-refractivity contribution in [3.63, 3.8) is 0 Å². The van der Waals surface area contributed by atoms with Crippen molar-refractivity contribution in [2.45, 2.75) is 18.9 Å². The molecule has 1 aromatic carbocycles. The highest BCUT2D eigenvalue weighted by molar-refractivity contribution is 7.13. The van der Waals surface area contributed by atoms with Crippen LogP contribution >= 0.6 is 11.3 Å². The standard InChI is InChI=1S/C17H21N3O3S/c1-22-14-6-5-12(10-15(14)23-2)13-4-3-8-20(13)11-16(21)19-17-18-7-9-24-17/h5-7,9-10,13H,3-4,8,11H2,1-2H3,(H,18,19,21). The first-order chi connectivity index (χ1) is 11.7. The van der Waals surface area contributed by atoms with E-state index in [1.165, 1.54) is 11.3 Å². The van der Waals surface area contributed by atoms with E-state index in [0.717, 1.165) is 24.9 Å². The number of amides is 1. The Bertz CT molecular complexity index is 690. The van der Waals surface area contributed by atoms with Gasteiger partial charge in [-0.2, -0.15) is 0 Å². The second-order valence-corrected chi connectivity index (χ2v) is 6.52. The molecule has 128 valence electrons. The molecule has 1 atom stereocenters. The van der Waals surface area contributed by atoms with Crippen molar-refractivity contribution < 1.29 is 14.3 Å². The summed E-state index contributed by atoms with van der Waals surface area (Å²) in [7, 11) is 3.26. The first-order valence-corrected chi connectivity index (χ1v) is 8.74. The van der Waals surface area contributed by atoms with Gasteiger partial charge in [-0.25, -0.2) is 4.98 Å². The number of hydrogen-bond donors (Lipinski definition) is 1. The van der Waals surface area contributed by atoms with Crippen LogP contribution in [-0.4, -0.2) is 43.1 Å². The Balaban J connectivity index is 1.70. The largest absolute Gasteiger partial charge is 0.493 e. The van der Waals surface area contributed by atoms with Crippen LogP contribution in [0.5, 0.6) is 11.5 Å². The average molecular weight is 347 g/mol. The van der Waals surface area contributed by atoms with Gasteiger partial charge >= 0.3 is 0 Å². The van der Waals surface area contributed by atoms with Crippen molar-refractivity contribution in [3.05, 3.63) is 35.3 Å². The maximum Gasteiger partial charge on any atom is 0.240 e. The third-order valence-electron chi connectivity index (χ3n) is 4.18. The molecule has 2 heterocycles. The molecule has 1 aliphatic heterocycles. The van der Waals surface area contributed by atoms with Crippen LogP contribution in [0.3, 0.4) is 0 Å². The number of carbonyl (C=O) groups is 1. The molecule has 24 heavy (non-hydrogen) atoms. The quantitative estimate of drug-likeness (QED) is 0.870. The monoisotopic (exact) mass is 347 g/mol. The molecule has 1 amide bonds. The molecule has 1 aromatic heterocycles. The van der Waals surface area contributed by atoms with Gasteiger partial charge in [0.1, 0.15) is 0 Å². The van der Waals surface area contributed by atoms with Crippen molar-refractivity contribution in [1.82, 2.24) is 9.88 Å². The number of hydrogen-bond acceptors (Lipinski definition) is 6. The summed E-state index contributed by atoms with van der Waals surface area (Å²) in [5, 5.41) is 5.33. The number of nitrogens with zero attached hydrogens (tertiary/aromatic N) is 2. The van der Waals surface area contributed by atoms with Gasteiger partial charge in [0.2, 0.25) is 5.91 Å². The number of likely N-dealkylation sites (tertiary alicyclic amines) is 1. The summed E-state index contributed by atoms with van der Waals surface area (Å²) >= 11 is 1.42. The van der Waals surface area contributed by atoms with Crippen LogP contribution in [0.25, 0.3) is 0 Å². The summed E-state index contributed by atoms with van der Waals surface area (Å²) in [4.78, 5) is 18.5. The number of thiazole rings is 1. The van der Waals surface area contributed by atoms with E-state index >= 15 is 0 Å². The SMILES string of the molecule is COc1ccc(C2CCCN2CC(=O)Nc2nccs2)cc1OC. The molecular weight excluding hydrogens is 326 g/mol. The molecular formula is C17H21N3O3S. The predicted octanol–water partition coefficient (Wildman–Crippen LogP) is 2.94. The third-order valence-corrected chi connectivity index (χ3v) is 4.87. The van der Waals surface area contributed by atoms with Gasteiger partial charge in [0.25, 0.3) is 0 Å². The molecule has 1 aliphatic rings. The molecule has 1 unspecified atom stereocenters. The van der Waals surface area contributed by atoms with Crippen LogP contribution in [0.15, 0.2) is 29.8 Å². The summed E-state index contributed by atoms with van der Waals surface area (Å²) in [6, 6.07) is 6.18. The molecule has 6 nitrogen and oxygen atoms in total.